The largest absolute Gasteiger partial charge is 0.497 e. The molecule has 0 radical (unpaired) electrons. The van der Waals surface area contributed by atoms with Gasteiger partial charge in [0.2, 0.25) is 5.56 Å². The second kappa shape index (κ2) is 13.0. The molecule has 8 heteroatoms. The Morgan fingerprint density at radius 3 is 1.89 bits per heavy atom. The number of pyridine rings is 2. The van der Waals surface area contributed by atoms with Crippen molar-refractivity contribution >= 4 is 21.8 Å². The molecule has 7 rings (SSSR count). The summed E-state index contributed by atoms with van der Waals surface area (Å²) < 4.78 is 23.3. The van der Waals surface area contributed by atoms with Gasteiger partial charge in [-0.05, 0) is 46.5 Å². The molecule has 0 bridgehead atoms. The van der Waals surface area contributed by atoms with Crippen LogP contribution in [0.3, 0.4) is 0 Å². The van der Waals surface area contributed by atoms with E-state index in [9.17, 15) is 9.59 Å². The summed E-state index contributed by atoms with van der Waals surface area (Å²) in [7, 11) is 3.23. The van der Waals surface area contributed by atoms with Crippen LogP contribution in [0.5, 0.6) is 11.5 Å². The lowest BCUT2D eigenvalue weighted by molar-refractivity contribution is -0.0522. The zero-order valence-electron chi connectivity index (χ0n) is 24.5. The monoisotopic (exact) mass is 588 g/mol. The Bertz CT molecular complexity index is 2010. The van der Waals surface area contributed by atoms with Crippen LogP contribution in [0, 0.1) is 0 Å². The second-order valence-corrected chi connectivity index (χ2v) is 10.3. The molecule has 44 heavy (non-hydrogen) atoms. The molecule has 3 heterocycles. The fourth-order valence-electron chi connectivity index (χ4n) is 5.42. The topological polar surface area (TPSA) is 91.8 Å². The van der Waals surface area contributed by atoms with E-state index in [1.807, 2.05) is 97.1 Å². The van der Waals surface area contributed by atoms with Crippen LogP contribution in [-0.4, -0.2) is 43.3 Å². The van der Waals surface area contributed by atoms with Crippen LogP contribution in [0.4, 0.5) is 0 Å². The van der Waals surface area contributed by atoms with E-state index in [0.717, 1.165) is 49.8 Å². The molecule has 1 saturated heterocycles. The summed E-state index contributed by atoms with van der Waals surface area (Å²) in [5.74, 6) is 1.44. The van der Waals surface area contributed by atoms with Crippen molar-refractivity contribution in [1.82, 2.24) is 9.55 Å². The molecule has 2 aromatic heterocycles. The van der Waals surface area contributed by atoms with Crippen molar-refractivity contribution in [1.29, 1.82) is 0 Å². The number of benzene rings is 4. The zero-order chi connectivity index (χ0) is 30.5. The van der Waals surface area contributed by atoms with Crippen molar-refractivity contribution in [3.05, 3.63) is 130 Å². The molecular weight excluding hydrogens is 556 g/mol. The first-order valence-electron chi connectivity index (χ1n) is 14.3. The van der Waals surface area contributed by atoms with Gasteiger partial charge in [0.05, 0.1) is 45.0 Å². The third-order valence-corrected chi connectivity index (χ3v) is 7.56. The normalized spacial score (nSPS) is 13.0. The van der Waals surface area contributed by atoms with E-state index in [-0.39, 0.29) is 11.1 Å². The van der Waals surface area contributed by atoms with E-state index in [4.69, 9.17) is 18.9 Å². The third kappa shape index (κ3) is 6.13. The van der Waals surface area contributed by atoms with Gasteiger partial charge in [0.1, 0.15) is 11.5 Å². The lowest BCUT2D eigenvalue weighted by Crippen LogP contribution is -2.27. The van der Waals surface area contributed by atoms with Crippen molar-refractivity contribution in [3.63, 3.8) is 0 Å². The number of hydrogen-bond donors (Lipinski definition) is 1. The molecule has 4 aromatic carbocycles. The lowest BCUT2D eigenvalue weighted by Gasteiger charge is -2.17. The first-order chi connectivity index (χ1) is 21.5. The summed E-state index contributed by atoms with van der Waals surface area (Å²) in [5.41, 5.74) is 5.28. The second-order valence-electron chi connectivity index (χ2n) is 10.3. The molecule has 0 spiro atoms. The molecule has 1 fully saturated rings. The van der Waals surface area contributed by atoms with Gasteiger partial charge in [-0.2, -0.15) is 0 Å². The van der Waals surface area contributed by atoms with E-state index < -0.39 is 6.29 Å². The van der Waals surface area contributed by atoms with E-state index in [2.05, 4.69) is 4.98 Å². The number of hydrogen-bond acceptors (Lipinski definition) is 6. The van der Waals surface area contributed by atoms with Crippen LogP contribution in [0.2, 0.25) is 0 Å². The predicted octanol–water partition coefficient (Wildman–Crippen LogP) is 6.25. The zero-order valence-corrected chi connectivity index (χ0v) is 24.5. The van der Waals surface area contributed by atoms with Gasteiger partial charge in [0.15, 0.2) is 6.29 Å². The standard InChI is InChI=1S/C20H19NO4.C16H13NO2/c1-23-15-7-8-16-17(14-5-3-2-4-6-14)12-19(22)21(18(16)11-15)13-20-24-9-10-25-20;1-19-12-7-8-13-14(11-5-3-2-4-6-11)10-16(18)17-15(13)9-12/h2-8,11-12,20H,9-10,13H2,1H3;2-10H,1H3,(H,17,18). The first kappa shape index (κ1) is 28.9. The summed E-state index contributed by atoms with van der Waals surface area (Å²) >= 11 is 0. The molecule has 1 aliphatic rings. The fourth-order valence-corrected chi connectivity index (χ4v) is 5.42. The minimum atomic E-state index is -0.394. The lowest BCUT2D eigenvalue weighted by atomic mass is 10.0. The maximum atomic E-state index is 12.8. The van der Waals surface area contributed by atoms with Gasteiger partial charge in [-0.1, -0.05) is 60.7 Å². The van der Waals surface area contributed by atoms with E-state index in [1.165, 1.54) is 0 Å². The van der Waals surface area contributed by atoms with Crippen LogP contribution >= 0.6 is 0 Å². The Balaban J connectivity index is 0.000000162. The number of fused-ring (bicyclic) bond motifs is 2. The van der Waals surface area contributed by atoms with Crippen molar-refractivity contribution in [2.75, 3.05) is 27.4 Å². The first-order valence-corrected chi connectivity index (χ1v) is 14.3. The van der Waals surface area contributed by atoms with Crippen molar-refractivity contribution < 1.29 is 18.9 Å². The smallest absolute Gasteiger partial charge is 0.251 e. The number of H-pyrrole nitrogens is 1. The molecular formula is C36H32N2O6. The van der Waals surface area contributed by atoms with Gasteiger partial charge in [0.25, 0.3) is 5.56 Å². The van der Waals surface area contributed by atoms with Gasteiger partial charge in [-0.25, -0.2) is 0 Å². The quantitative estimate of drug-likeness (QED) is 0.247. The summed E-state index contributed by atoms with van der Waals surface area (Å²) in [6, 6.07) is 34.6. The van der Waals surface area contributed by atoms with Crippen LogP contribution in [-0.2, 0) is 16.0 Å². The number of nitrogens with one attached hydrogen (secondary N) is 1. The molecule has 0 saturated carbocycles. The summed E-state index contributed by atoms with van der Waals surface area (Å²) in [6.45, 7) is 1.48. The van der Waals surface area contributed by atoms with Crippen LogP contribution in [0.1, 0.15) is 0 Å². The van der Waals surface area contributed by atoms with Crippen molar-refractivity contribution in [3.8, 4) is 33.8 Å². The van der Waals surface area contributed by atoms with Gasteiger partial charge < -0.3 is 28.5 Å². The minimum absolute atomic E-state index is 0.0845. The number of aromatic amines is 1. The average Bonchev–Trinajstić information content (AvgIpc) is 3.59. The minimum Gasteiger partial charge on any atom is -0.497 e. The van der Waals surface area contributed by atoms with E-state index in [0.29, 0.717) is 25.5 Å². The Hall–Kier alpha value is -5.18. The van der Waals surface area contributed by atoms with Crippen molar-refractivity contribution in [2.45, 2.75) is 12.8 Å². The molecule has 0 aliphatic carbocycles. The highest BCUT2D eigenvalue weighted by atomic mass is 16.7. The Morgan fingerprint density at radius 2 is 1.27 bits per heavy atom. The molecule has 1 N–H and O–H groups in total. The number of ether oxygens (including phenoxy) is 4. The third-order valence-electron chi connectivity index (χ3n) is 7.56. The highest BCUT2D eigenvalue weighted by molar-refractivity contribution is 5.96. The molecule has 0 unspecified atom stereocenters. The van der Waals surface area contributed by atoms with Gasteiger partial charge in [-0.3, -0.25) is 9.59 Å². The highest BCUT2D eigenvalue weighted by Gasteiger charge is 2.20. The van der Waals surface area contributed by atoms with Crippen molar-refractivity contribution in [2.24, 2.45) is 0 Å². The maximum Gasteiger partial charge on any atom is 0.251 e. The van der Waals surface area contributed by atoms with E-state index >= 15 is 0 Å². The number of nitrogens with zero attached hydrogens (tertiary/aromatic N) is 1. The SMILES string of the molecule is COc1ccc2c(-c3ccccc3)cc(=O)[nH]c2c1.COc1ccc2c(-c3ccccc3)cc(=O)n(CC3OCCO3)c2c1. The summed E-state index contributed by atoms with van der Waals surface area (Å²) in [4.78, 5) is 27.4. The molecule has 1 aliphatic heterocycles. The van der Waals surface area contributed by atoms with Crippen LogP contribution in [0.15, 0.2) is 119 Å². The Kier molecular flexibility index (Phi) is 8.54. The van der Waals surface area contributed by atoms with Crippen LogP contribution < -0.4 is 20.6 Å². The average molecular weight is 589 g/mol. The van der Waals surface area contributed by atoms with Gasteiger partial charge in [-0.15, -0.1) is 0 Å². The van der Waals surface area contributed by atoms with Gasteiger partial charge in [0, 0.05) is 35.0 Å². The molecule has 6 aromatic rings. The summed E-state index contributed by atoms with van der Waals surface area (Å²) in [6.07, 6.45) is -0.394. The molecule has 0 amide bonds. The number of methoxy groups -OCH3 is 2. The number of aromatic nitrogens is 2. The number of rotatable bonds is 6. The van der Waals surface area contributed by atoms with E-state index in [1.54, 1.807) is 30.9 Å². The fraction of sp³-hybridized carbons (Fsp3) is 0.167. The molecule has 222 valence electrons. The van der Waals surface area contributed by atoms with Gasteiger partial charge >= 0.3 is 0 Å². The molecule has 8 nitrogen and oxygen atoms in total. The Labute approximate surface area is 254 Å². The maximum absolute atomic E-state index is 12.8. The highest BCUT2D eigenvalue weighted by Crippen LogP contribution is 2.30. The Morgan fingerprint density at radius 1 is 0.705 bits per heavy atom. The van der Waals surface area contributed by atoms with Crippen LogP contribution in [0.25, 0.3) is 44.1 Å². The molecule has 0 atom stereocenters. The predicted molar refractivity (Wildman–Crippen MR) is 172 cm³/mol. The summed E-state index contributed by atoms with van der Waals surface area (Å²) in [5, 5.41) is 2.00.